The number of fused-ring (bicyclic) bond motifs is 1. The van der Waals surface area contributed by atoms with Crippen molar-refractivity contribution in [2.75, 3.05) is 13.7 Å². The van der Waals surface area contributed by atoms with Gasteiger partial charge in [0.25, 0.3) is 0 Å². The molecule has 0 bridgehead atoms. The topological polar surface area (TPSA) is 54.1 Å². The number of amides is 1. The first-order valence-corrected chi connectivity index (χ1v) is 8.67. The molecule has 0 unspecified atom stereocenters. The number of halogens is 2. The molecule has 3 rings (SSSR count). The minimum Gasteiger partial charge on any atom is -0.497 e. The molecule has 0 aliphatic carbocycles. The van der Waals surface area contributed by atoms with Crippen LogP contribution in [0.1, 0.15) is 11.1 Å². The van der Waals surface area contributed by atoms with Gasteiger partial charge >= 0.3 is 0 Å². The number of ether oxygens (including phenoxy) is 1. The lowest BCUT2D eigenvalue weighted by Gasteiger charge is -2.07. The van der Waals surface area contributed by atoms with Crippen molar-refractivity contribution in [3.05, 3.63) is 63.8 Å². The average molecular weight is 377 g/mol. The summed E-state index contributed by atoms with van der Waals surface area (Å²) in [5.74, 6) is 0.736. The van der Waals surface area contributed by atoms with Gasteiger partial charge in [-0.15, -0.1) is 0 Å². The molecule has 0 atom stereocenters. The molecule has 0 saturated heterocycles. The second kappa shape index (κ2) is 7.81. The highest BCUT2D eigenvalue weighted by Crippen LogP contribution is 2.24. The number of carbonyl (C=O) groups is 1. The van der Waals surface area contributed by atoms with Crippen LogP contribution < -0.4 is 10.1 Å². The number of rotatable bonds is 6. The molecule has 130 valence electrons. The first kappa shape index (κ1) is 17.6. The zero-order valence-corrected chi connectivity index (χ0v) is 15.2. The van der Waals surface area contributed by atoms with E-state index >= 15 is 0 Å². The Morgan fingerprint density at radius 2 is 2.00 bits per heavy atom. The van der Waals surface area contributed by atoms with Gasteiger partial charge in [-0.05, 0) is 47.9 Å². The van der Waals surface area contributed by atoms with Crippen molar-refractivity contribution < 1.29 is 9.53 Å². The predicted octanol–water partition coefficient (Wildman–Crippen LogP) is 4.38. The molecule has 0 aliphatic heterocycles. The molecular weight excluding hydrogens is 359 g/mol. The van der Waals surface area contributed by atoms with Gasteiger partial charge in [0, 0.05) is 33.7 Å². The van der Waals surface area contributed by atoms with Gasteiger partial charge in [0.1, 0.15) is 5.75 Å². The number of H-pyrrole nitrogens is 1. The second-order valence-electron chi connectivity index (χ2n) is 5.74. The Kier molecular flexibility index (Phi) is 5.51. The van der Waals surface area contributed by atoms with Gasteiger partial charge in [-0.2, -0.15) is 0 Å². The van der Waals surface area contributed by atoms with E-state index < -0.39 is 0 Å². The van der Waals surface area contributed by atoms with Gasteiger partial charge in [0.05, 0.1) is 13.5 Å². The van der Waals surface area contributed by atoms with Gasteiger partial charge in [0.2, 0.25) is 5.91 Å². The summed E-state index contributed by atoms with van der Waals surface area (Å²) in [5, 5.41) is 5.14. The molecule has 4 nitrogen and oxygen atoms in total. The predicted molar refractivity (Wildman–Crippen MR) is 102 cm³/mol. The highest BCUT2D eigenvalue weighted by atomic mass is 35.5. The van der Waals surface area contributed by atoms with Gasteiger partial charge in [-0.25, -0.2) is 0 Å². The zero-order chi connectivity index (χ0) is 17.8. The fraction of sp³-hybridized carbons (Fsp3) is 0.211. The summed E-state index contributed by atoms with van der Waals surface area (Å²) in [5.41, 5.74) is 2.88. The Morgan fingerprint density at radius 3 is 2.76 bits per heavy atom. The number of benzene rings is 2. The highest BCUT2D eigenvalue weighted by Gasteiger charge is 2.10. The van der Waals surface area contributed by atoms with E-state index in [9.17, 15) is 4.79 Å². The molecule has 1 heterocycles. The van der Waals surface area contributed by atoms with Crippen LogP contribution >= 0.6 is 23.2 Å². The number of methoxy groups -OCH3 is 1. The van der Waals surface area contributed by atoms with Crippen LogP contribution in [0.15, 0.2) is 42.6 Å². The highest BCUT2D eigenvalue weighted by molar-refractivity contribution is 6.35. The lowest BCUT2D eigenvalue weighted by Crippen LogP contribution is -2.27. The van der Waals surface area contributed by atoms with Crippen molar-refractivity contribution in [2.45, 2.75) is 12.8 Å². The van der Waals surface area contributed by atoms with Crippen molar-refractivity contribution in [3.63, 3.8) is 0 Å². The molecule has 2 N–H and O–H groups in total. The normalized spacial score (nSPS) is 10.8. The summed E-state index contributed by atoms with van der Waals surface area (Å²) in [6.45, 7) is 0.520. The third-order valence-corrected chi connectivity index (χ3v) is 4.64. The molecule has 6 heteroatoms. The van der Waals surface area contributed by atoms with Crippen molar-refractivity contribution in [3.8, 4) is 5.75 Å². The number of hydrogen-bond donors (Lipinski definition) is 2. The summed E-state index contributed by atoms with van der Waals surface area (Å²) >= 11 is 12.0. The standard InChI is InChI=1S/C19H18Cl2N2O2/c1-25-15-4-5-18-16(10-15)13(11-23-18)8-19(24)22-7-6-12-2-3-14(20)9-17(12)21/h2-5,9-11,23H,6-8H2,1H3,(H,22,24). The molecule has 3 aromatic rings. The minimum absolute atomic E-state index is 0.0335. The van der Waals surface area contributed by atoms with Crippen LogP contribution in [-0.4, -0.2) is 24.5 Å². The molecular formula is C19H18Cl2N2O2. The summed E-state index contributed by atoms with van der Waals surface area (Å²) < 4.78 is 5.25. The summed E-state index contributed by atoms with van der Waals surface area (Å²) in [7, 11) is 1.63. The van der Waals surface area contributed by atoms with Crippen LogP contribution in [0.2, 0.25) is 10.0 Å². The Balaban J connectivity index is 1.59. The fourth-order valence-corrected chi connectivity index (χ4v) is 3.23. The summed E-state index contributed by atoms with van der Waals surface area (Å²) in [4.78, 5) is 15.4. The molecule has 1 amide bonds. The van der Waals surface area contributed by atoms with E-state index in [4.69, 9.17) is 27.9 Å². The fourth-order valence-electron chi connectivity index (χ4n) is 2.73. The zero-order valence-electron chi connectivity index (χ0n) is 13.7. The SMILES string of the molecule is COc1ccc2[nH]cc(CC(=O)NCCc3ccc(Cl)cc3Cl)c2c1. The van der Waals surface area contributed by atoms with Gasteiger partial charge in [-0.3, -0.25) is 4.79 Å². The average Bonchev–Trinajstić information content (AvgIpc) is 2.99. The van der Waals surface area contributed by atoms with E-state index in [2.05, 4.69) is 10.3 Å². The van der Waals surface area contributed by atoms with E-state index in [-0.39, 0.29) is 5.91 Å². The third kappa shape index (κ3) is 4.27. The molecule has 0 aliphatic rings. The maximum Gasteiger partial charge on any atom is 0.224 e. The molecule has 1 aromatic heterocycles. The lowest BCUT2D eigenvalue weighted by atomic mass is 10.1. The van der Waals surface area contributed by atoms with E-state index in [0.29, 0.717) is 29.4 Å². The first-order valence-electron chi connectivity index (χ1n) is 7.91. The van der Waals surface area contributed by atoms with Crippen LogP contribution in [0.4, 0.5) is 0 Å². The Hall–Kier alpha value is -2.17. The maximum atomic E-state index is 12.2. The number of nitrogens with one attached hydrogen (secondary N) is 2. The van der Waals surface area contributed by atoms with Crippen LogP contribution in [0.25, 0.3) is 10.9 Å². The molecule has 2 aromatic carbocycles. The number of carbonyl (C=O) groups excluding carboxylic acids is 1. The van der Waals surface area contributed by atoms with Crippen LogP contribution in [0, 0.1) is 0 Å². The molecule has 0 radical (unpaired) electrons. The van der Waals surface area contributed by atoms with E-state index in [1.807, 2.05) is 30.5 Å². The van der Waals surface area contributed by atoms with E-state index in [1.54, 1.807) is 19.2 Å². The van der Waals surface area contributed by atoms with Gasteiger partial charge in [0.15, 0.2) is 0 Å². The monoisotopic (exact) mass is 376 g/mol. The van der Waals surface area contributed by atoms with Crippen LogP contribution in [-0.2, 0) is 17.6 Å². The van der Waals surface area contributed by atoms with Crippen molar-refractivity contribution in [1.29, 1.82) is 0 Å². The molecule has 0 saturated carbocycles. The Bertz CT molecular complexity index is 906. The maximum absolute atomic E-state index is 12.2. The van der Waals surface area contributed by atoms with Crippen molar-refractivity contribution >= 4 is 40.0 Å². The van der Waals surface area contributed by atoms with Crippen molar-refractivity contribution in [1.82, 2.24) is 10.3 Å². The summed E-state index contributed by atoms with van der Waals surface area (Å²) in [6, 6.07) is 11.1. The van der Waals surface area contributed by atoms with E-state index in [0.717, 1.165) is 27.8 Å². The van der Waals surface area contributed by atoms with Gasteiger partial charge in [-0.1, -0.05) is 29.3 Å². The number of aromatic amines is 1. The minimum atomic E-state index is -0.0335. The van der Waals surface area contributed by atoms with Crippen LogP contribution in [0.3, 0.4) is 0 Å². The Morgan fingerprint density at radius 1 is 1.16 bits per heavy atom. The van der Waals surface area contributed by atoms with E-state index in [1.165, 1.54) is 0 Å². The van der Waals surface area contributed by atoms with Crippen molar-refractivity contribution in [2.24, 2.45) is 0 Å². The van der Waals surface area contributed by atoms with Gasteiger partial charge < -0.3 is 15.0 Å². The molecule has 0 spiro atoms. The number of aromatic nitrogens is 1. The largest absolute Gasteiger partial charge is 0.497 e. The third-order valence-electron chi connectivity index (χ3n) is 4.06. The number of hydrogen-bond acceptors (Lipinski definition) is 2. The molecule has 25 heavy (non-hydrogen) atoms. The second-order valence-corrected chi connectivity index (χ2v) is 6.58. The Labute approximate surface area is 156 Å². The smallest absolute Gasteiger partial charge is 0.224 e. The lowest BCUT2D eigenvalue weighted by molar-refractivity contribution is -0.120. The van der Waals surface area contributed by atoms with Crippen LogP contribution in [0.5, 0.6) is 5.75 Å². The summed E-state index contributed by atoms with van der Waals surface area (Å²) in [6.07, 6.45) is 2.82. The molecule has 0 fully saturated rings. The quantitative estimate of drug-likeness (QED) is 0.670. The first-order chi connectivity index (χ1) is 12.1.